The van der Waals surface area contributed by atoms with Gasteiger partial charge in [0, 0.05) is 5.69 Å². The Kier molecular flexibility index (Phi) is 3.16. The van der Waals surface area contributed by atoms with Gasteiger partial charge in [-0.25, -0.2) is 0 Å². The topological polar surface area (TPSA) is 46.2 Å². The summed E-state index contributed by atoms with van der Waals surface area (Å²) in [6, 6.07) is 13.5. The molecular formula is C15H17NO. The Hall–Kier alpha value is -1.80. The third kappa shape index (κ3) is 2.32. The lowest BCUT2D eigenvalue weighted by Crippen LogP contribution is -2.04. The van der Waals surface area contributed by atoms with Crippen LogP contribution in [-0.2, 0) is 0 Å². The molecule has 0 radical (unpaired) electrons. The summed E-state index contributed by atoms with van der Waals surface area (Å²) in [6.07, 6.45) is -0.588. The van der Waals surface area contributed by atoms with Crippen molar-refractivity contribution in [2.75, 3.05) is 5.73 Å². The Morgan fingerprint density at radius 1 is 1.00 bits per heavy atom. The smallest absolute Gasteiger partial charge is 0.104 e. The zero-order valence-electron chi connectivity index (χ0n) is 10.1. The van der Waals surface area contributed by atoms with Crippen LogP contribution in [0.4, 0.5) is 5.69 Å². The van der Waals surface area contributed by atoms with Gasteiger partial charge in [0.15, 0.2) is 0 Å². The highest BCUT2D eigenvalue weighted by atomic mass is 16.3. The third-order valence-electron chi connectivity index (χ3n) is 3.06. The van der Waals surface area contributed by atoms with Gasteiger partial charge >= 0.3 is 0 Å². The molecule has 0 aliphatic carbocycles. The van der Waals surface area contributed by atoms with Crippen LogP contribution in [0.15, 0.2) is 42.5 Å². The van der Waals surface area contributed by atoms with E-state index in [1.54, 1.807) is 0 Å². The molecular weight excluding hydrogens is 210 g/mol. The van der Waals surface area contributed by atoms with E-state index < -0.39 is 6.10 Å². The third-order valence-corrected chi connectivity index (χ3v) is 3.06. The fraction of sp³-hybridized carbons (Fsp3) is 0.200. The average Bonchev–Trinajstić information content (AvgIpc) is 2.34. The van der Waals surface area contributed by atoms with Crippen molar-refractivity contribution < 1.29 is 5.11 Å². The number of nitrogen functional groups attached to an aromatic ring is 1. The Labute approximate surface area is 102 Å². The first-order chi connectivity index (χ1) is 8.09. The summed E-state index contributed by atoms with van der Waals surface area (Å²) >= 11 is 0. The highest BCUT2D eigenvalue weighted by Crippen LogP contribution is 2.27. The minimum atomic E-state index is -0.588. The lowest BCUT2D eigenvalue weighted by Gasteiger charge is -2.16. The summed E-state index contributed by atoms with van der Waals surface area (Å²) in [4.78, 5) is 0. The molecule has 1 unspecified atom stereocenters. The molecule has 0 aliphatic rings. The fourth-order valence-corrected chi connectivity index (χ4v) is 1.97. The van der Waals surface area contributed by atoms with Gasteiger partial charge in [0.05, 0.1) is 0 Å². The van der Waals surface area contributed by atoms with Gasteiger partial charge in [-0.15, -0.1) is 0 Å². The number of hydrogen-bond acceptors (Lipinski definition) is 2. The Bertz CT molecular complexity index is 520. The average molecular weight is 227 g/mol. The zero-order chi connectivity index (χ0) is 12.4. The molecule has 2 aromatic rings. The summed E-state index contributed by atoms with van der Waals surface area (Å²) in [7, 11) is 0. The second-order valence-electron chi connectivity index (χ2n) is 4.38. The number of rotatable bonds is 2. The van der Waals surface area contributed by atoms with Gasteiger partial charge in [-0.3, -0.25) is 0 Å². The predicted molar refractivity (Wildman–Crippen MR) is 70.8 cm³/mol. The highest BCUT2D eigenvalue weighted by molar-refractivity contribution is 5.52. The molecule has 2 nitrogen and oxygen atoms in total. The molecule has 3 N–H and O–H groups in total. The first-order valence-corrected chi connectivity index (χ1v) is 5.69. The molecule has 0 spiro atoms. The first kappa shape index (κ1) is 11.7. The SMILES string of the molecule is Cc1cc(C(O)c2ccccc2)c(C)cc1N. The molecule has 0 aliphatic heterocycles. The summed E-state index contributed by atoms with van der Waals surface area (Å²) in [6.45, 7) is 3.92. The molecule has 17 heavy (non-hydrogen) atoms. The summed E-state index contributed by atoms with van der Waals surface area (Å²) in [5, 5.41) is 10.3. The first-order valence-electron chi connectivity index (χ1n) is 5.69. The van der Waals surface area contributed by atoms with Gasteiger partial charge in [0.2, 0.25) is 0 Å². The number of anilines is 1. The normalized spacial score (nSPS) is 12.4. The number of nitrogens with two attached hydrogens (primary N) is 1. The van der Waals surface area contributed by atoms with E-state index in [1.807, 2.05) is 56.3 Å². The second kappa shape index (κ2) is 4.60. The van der Waals surface area contributed by atoms with E-state index in [9.17, 15) is 5.11 Å². The monoisotopic (exact) mass is 227 g/mol. The van der Waals surface area contributed by atoms with Crippen LogP contribution >= 0.6 is 0 Å². The molecule has 2 aromatic carbocycles. The van der Waals surface area contributed by atoms with Crippen molar-refractivity contribution in [3.05, 3.63) is 64.7 Å². The van der Waals surface area contributed by atoms with E-state index in [1.165, 1.54) is 0 Å². The molecule has 88 valence electrons. The minimum Gasteiger partial charge on any atom is -0.399 e. The molecule has 2 heteroatoms. The number of aliphatic hydroxyl groups excluding tert-OH is 1. The van der Waals surface area contributed by atoms with Crippen molar-refractivity contribution in [3.63, 3.8) is 0 Å². The quantitative estimate of drug-likeness (QED) is 0.775. The van der Waals surface area contributed by atoms with Crippen molar-refractivity contribution in [1.82, 2.24) is 0 Å². The molecule has 0 saturated heterocycles. The van der Waals surface area contributed by atoms with Crippen LogP contribution < -0.4 is 5.73 Å². The molecule has 1 atom stereocenters. The molecule has 0 fully saturated rings. The van der Waals surface area contributed by atoms with Gasteiger partial charge in [-0.05, 0) is 42.2 Å². The van der Waals surface area contributed by atoms with Crippen molar-refractivity contribution in [2.45, 2.75) is 20.0 Å². The van der Waals surface area contributed by atoms with Gasteiger partial charge in [-0.1, -0.05) is 36.4 Å². The number of benzene rings is 2. The van der Waals surface area contributed by atoms with Crippen LogP contribution in [0.5, 0.6) is 0 Å². The van der Waals surface area contributed by atoms with Crippen LogP contribution in [0.3, 0.4) is 0 Å². The number of aryl methyl sites for hydroxylation is 2. The summed E-state index contributed by atoms with van der Waals surface area (Å²) in [5.74, 6) is 0. The van der Waals surface area contributed by atoms with Crippen molar-refractivity contribution in [2.24, 2.45) is 0 Å². The van der Waals surface area contributed by atoms with Crippen LogP contribution in [0.25, 0.3) is 0 Å². The number of aliphatic hydroxyl groups is 1. The maximum Gasteiger partial charge on any atom is 0.104 e. The maximum absolute atomic E-state index is 10.3. The second-order valence-corrected chi connectivity index (χ2v) is 4.38. The minimum absolute atomic E-state index is 0.588. The van der Waals surface area contributed by atoms with Gasteiger partial charge < -0.3 is 10.8 Å². The lowest BCUT2D eigenvalue weighted by molar-refractivity contribution is 0.219. The number of hydrogen-bond donors (Lipinski definition) is 2. The van der Waals surface area contributed by atoms with E-state index in [4.69, 9.17) is 5.73 Å². The van der Waals surface area contributed by atoms with E-state index in [-0.39, 0.29) is 0 Å². The molecule has 0 amide bonds. The molecule has 0 saturated carbocycles. The standard InChI is InChI=1S/C15H17NO/c1-10-9-14(16)11(2)8-13(10)15(17)12-6-4-3-5-7-12/h3-9,15,17H,16H2,1-2H3. The summed E-state index contributed by atoms with van der Waals surface area (Å²) in [5.41, 5.74) is 10.5. The van der Waals surface area contributed by atoms with E-state index in [2.05, 4.69) is 0 Å². The van der Waals surface area contributed by atoms with Crippen molar-refractivity contribution >= 4 is 5.69 Å². The zero-order valence-corrected chi connectivity index (χ0v) is 10.1. The Balaban J connectivity index is 2.44. The molecule has 0 heterocycles. The van der Waals surface area contributed by atoms with Crippen LogP contribution in [0.1, 0.15) is 28.4 Å². The Morgan fingerprint density at radius 2 is 1.65 bits per heavy atom. The van der Waals surface area contributed by atoms with E-state index >= 15 is 0 Å². The van der Waals surface area contributed by atoms with Gasteiger partial charge in [-0.2, -0.15) is 0 Å². The Morgan fingerprint density at radius 3 is 2.29 bits per heavy atom. The van der Waals surface area contributed by atoms with Crippen LogP contribution in [0.2, 0.25) is 0 Å². The van der Waals surface area contributed by atoms with Crippen molar-refractivity contribution in [3.8, 4) is 0 Å². The lowest BCUT2D eigenvalue weighted by atomic mass is 9.95. The van der Waals surface area contributed by atoms with E-state index in [0.717, 1.165) is 27.9 Å². The molecule has 0 bridgehead atoms. The van der Waals surface area contributed by atoms with Crippen LogP contribution in [-0.4, -0.2) is 5.11 Å². The van der Waals surface area contributed by atoms with Crippen molar-refractivity contribution in [1.29, 1.82) is 0 Å². The van der Waals surface area contributed by atoms with E-state index in [0.29, 0.717) is 0 Å². The predicted octanol–water partition coefficient (Wildman–Crippen LogP) is 2.97. The molecule has 0 aromatic heterocycles. The largest absolute Gasteiger partial charge is 0.399 e. The summed E-state index contributed by atoms with van der Waals surface area (Å²) < 4.78 is 0. The van der Waals surface area contributed by atoms with Gasteiger partial charge in [0.1, 0.15) is 6.10 Å². The van der Waals surface area contributed by atoms with Gasteiger partial charge in [0.25, 0.3) is 0 Å². The maximum atomic E-state index is 10.3. The fourth-order valence-electron chi connectivity index (χ4n) is 1.97. The van der Waals surface area contributed by atoms with Crippen LogP contribution in [0, 0.1) is 13.8 Å². The highest BCUT2D eigenvalue weighted by Gasteiger charge is 2.13. The molecule has 2 rings (SSSR count).